The van der Waals surface area contributed by atoms with Crippen LogP contribution < -0.4 is 0 Å². The van der Waals surface area contributed by atoms with Crippen LogP contribution >= 0.6 is 22.9 Å². The first-order chi connectivity index (χ1) is 8.66. The molecule has 0 saturated carbocycles. The van der Waals surface area contributed by atoms with Gasteiger partial charge < -0.3 is 10.0 Å². The van der Waals surface area contributed by atoms with E-state index in [2.05, 4.69) is 9.97 Å². The molecule has 0 bridgehead atoms. The normalized spacial score (nSPS) is 15.5. The number of halogens is 1. The highest BCUT2D eigenvalue weighted by atomic mass is 35.5. The molecule has 0 radical (unpaired) electrons. The van der Waals surface area contributed by atoms with Crippen LogP contribution in [0.2, 0.25) is 5.15 Å². The molecule has 0 unspecified atom stereocenters. The van der Waals surface area contributed by atoms with E-state index in [4.69, 9.17) is 16.7 Å². The van der Waals surface area contributed by atoms with Crippen molar-refractivity contribution in [2.45, 2.75) is 12.8 Å². The van der Waals surface area contributed by atoms with Gasteiger partial charge in [0.2, 0.25) is 0 Å². The number of carbonyl (C=O) groups is 1. The molecular weight excluding hydrogens is 274 g/mol. The average molecular weight is 284 g/mol. The first-order valence-corrected chi connectivity index (χ1v) is 6.75. The third-order valence-electron chi connectivity index (χ3n) is 3.14. The van der Waals surface area contributed by atoms with Crippen molar-refractivity contribution >= 4 is 39.2 Å². The Balaban J connectivity index is 2.06. The SMILES string of the molecule is O=C(O)N1CCc2sc3ncnc(Cl)c3c2CC1. The predicted molar refractivity (Wildman–Crippen MR) is 69.4 cm³/mol. The highest BCUT2D eigenvalue weighted by Gasteiger charge is 2.22. The smallest absolute Gasteiger partial charge is 0.407 e. The molecule has 0 saturated heterocycles. The number of aromatic nitrogens is 2. The highest BCUT2D eigenvalue weighted by molar-refractivity contribution is 7.19. The minimum Gasteiger partial charge on any atom is -0.465 e. The molecule has 7 heteroatoms. The number of amides is 1. The fourth-order valence-electron chi connectivity index (χ4n) is 2.25. The van der Waals surface area contributed by atoms with Gasteiger partial charge in [-0.3, -0.25) is 0 Å². The molecule has 1 aliphatic heterocycles. The summed E-state index contributed by atoms with van der Waals surface area (Å²) in [6.45, 7) is 1.03. The molecule has 0 aromatic carbocycles. The Morgan fingerprint density at radius 1 is 1.39 bits per heavy atom. The van der Waals surface area contributed by atoms with Crippen LogP contribution in [-0.2, 0) is 12.8 Å². The van der Waals surface area contributed by atoms with Crippen LogP contribution in [0, 0.1) is 0 Å². The molecule has 0 fully saturated rings. The summed E-state index contributed by atoms with van der Waals surface area (Å²) in [6, 6.07) is 0. The fourth-order valence-corrected chi connectivity index (χ4v) is 3.73. The Kier molecular flexibility index (Phi) is 2.83. The van der Waals surface area contributed by atoms with Crippen LogP contribution in [0.25, 0.3) is 10.2 Å². The minimum atomic E-state index is -0.864. The Morgan fingerprint density at radius 2 is 2.17 bits per heavy atom. The third-order valence-corrected chi connectivity index (χ3v) is 4.62. The number of fused-ring (bicyclic) bond motifs is 3. The summed E-state index contributed by atoms with van der Waals surface area (Å²) in [4.78, 5) is 22.7. The van der Waals surface area contributed by atoms with Crippen LogP contribution in [0.4, 0.5) is 4.79 Å². The van der Waals surface area contributed by atoms with E-state index in [0.717, 1.165) is 22.2 Å². The second-order valence-corrected chi connectivity index (χ2v) is 5.56. The van der Waals surface area contributed by atoms with E-state index >= 15 is 0 Å². The number of thiophene rings is 1. The van der Waals surface area contributed by atoms with Crippen LogP contribution in [0.3, 0.4) is 0 Å². The number of nitrogens with zero attached hydrogens (tertiary/aromatic N) is 3. The van der Waals surface area contributed by atoms with Gasteiger partial charge in [0.15, 0.2) is 0 Å². The van der Waals surface area contributed by atoms with E-state index < -0.39 is 6.09 Å². The molecule has 0 spiro atoms. The lowest BCUT2D eigenvalue weighted by molar-refractivity contribution is 0.147. The Morgan fingerprint density at radius 3 is 2.94 bits per heavy atom. The molecule has 1 N–H and O–H groups in total. The second kappa shape index (κ2) is 4.37. The number of rotatable bonds is 0. The van der Waals surface area contributed by atoms with Crippen molar-refractivity contribution in [3.8, 4) is 0 Å². The van der Waals surface area contributed by atoms with E-state index in [9.17, 15) is 4.79 Å². The van der Waals surface area contributed by atoms with E-state index in [1.54, 1.807) is 11.3 Å². The van der Waals surface area contributed by atoms with Crippen molar-refractivity contribution in [3.63, 3.8) is 0 Å². The van der Waals surface area contributed by atoms with Gasteiger partial charge in [-0.2, -0.15) is 0 Å². The van der Waals surface area contributed by atoms with Gasteiger partial charge in [-0.25, -0.2) is 14.8 Å². The first-order valence-electron chi connectivity index (χ1n) is 5.55. The van der Waals surface area contributed by atoms with Crippen molar-refractivity contribution in [2.24, 2.45) is 0 Å². The summed E-state index contributed by atoms with van der Waals surface area (Å²) < 4.78 is 0. The van der Waals surface area contributed by atoms with Crippen molar-refractivity contribution < 1.29 is 9.90 Å². The van der Waals surface area contributed by atoms with Gasteiger partial charge in [-0.15, -0.1) is 11.3 Å². The van der Waals surface area contributed by atoms with Gasteiger partial charge in [0, 0.05) is 18.0 Å². The van der Waals surface area contributed by atoms with Gasteiger partial charge in [-0.1, -0.05) is 11.6 Å². The largest absolute Gasteiger partial charge is 0.465 e. The standard InChI is InChI=1S/C11H10ClN3O2S/c12-9-8-6-1-3-15(11(16)17)4-2-7(6)18-10(8)14-5-13-9/h5H,1-4H2,(H,16,17). The topological polar surface area (TPSA) is 66.3 Å². The van der Waals surface area contributed by atoms with Gasteiger partial charge in [0.25, 0.3) is 0 Å². The van der Waals surface area contributed by atoms with Crippen LogP contribution in [-0.4, -0.2) is 39.2 Å². The summed E-state index contributed by atoms with van der Waals surface area (Å²) in [7, 11) is 0. The van der Waals surface area contributed by atoms with Crippen molar-refractivity contribution in [3.05, 3.63) is 21.9 Å². The molecule has 1 aliphatic rings. The van der Waals surface area contributed by atoms with Crippen LogP contribution in [0.5, 0.6) is 0 Å². The Hall–Kier alpha value is -1.40. The fraction of sp³-hybridized carbons (Fsp3) is 0.364. The molecule has 0 aliphatic carbocycles. The van der Waals surface area contributed by atoms with Gasteiger partial charge in [-0.05, 0) is 18.4 Å². The van der Waals surface area contributed by atoms with E-state index in [1.807, 2.05) is 0 Å². The summed E-state index contributed by atoms with van der Waals surface area (Å²) in [6.07, 6.45) is 1.99. The van der Waals surface area contributed by atoms with Crippen LogP contribution in [0.1, 0.15) is 10.4 Å². The lowest BCUT2D eigenvalue weighted by atomic mass is 10.1. The maximum atomic E-state index is 11.0. The molecule has 2 aromatic rings. The van der Waals surface area contributed by atoms with Gasteiger partial charge in [0.05, 0.1) is 5.39 Å². The lowest BCUT2D eigenvalue weighted by Crippen LogP contribution is -2.31. The van der Waals surface area contributed by atoms with Gasteiger partial charge >= 0.3 is 6.09 Å². The summed E-state index contributed by atoms with van der Waals surface area (Å²) in [5, 5.41) is 10.4. The molecule has 1 amide bonds. The zero-order valence-corrected chi connectivity index (χ0v) is 11.0. The minimum absolute atomic E-state index is 0.460. The average Bonchev–Trinajstić information content (AvgIpc) is 2.56. The molecule has 2 aromatic heterocycles. The van der Waals surface area contributed by atoms with Crippen molar-refractivity contribution in [1.82, 2.24) is 14.9 Å². The van der Waals surface area contributed by atoms with Crippen LogP contribution in [0.15, 0.2) is 6.33 Å². The lowest BCUT2D eigenvalue weighted by Gasteiger charge is -2.15. The van der Waals surface area contributed by atoms with Crippen molar-refractivity contribution in [1.29, 1.82) is 0 Å². The van der Waals surface area contributed by atoms with E-state index in [1.165, 1.54) is 16.1 Å². The predicted octanol–water partition coefficient (Wildman–Crippen LogP) is 2.42. The Labute approximate surface area is 112 Å². The number of hydrogen-bond donors (Lipinski definition) is 1. The maximum absolute atomic E-state index is 11.0. The third kappa shape index (κ3) is 1.81. The highest BCUT2D eigenvalue weighted by Crippen LogP contribution is 2.35. The van der Waals surface area contributed by atoms with E-state index in [-0.39, 0.29) is 0 Å². The zero-order chi connectivity index (χ0) is 12.7. The second-order valence-electron chi connectivity index (χ2n) is 4.12. The quantitative estimate of drug-likeness (QED) is 0.754. The maximum Gasteiger partial charge on any atom is 0.407 e. The molecule has 18 heavy (non-hydrogen) atoms. The van der Waals surface area contributed by atoms with Gasteiger partial charge in [0.1, 0.15) is 16.3 Å². The summed E-state index contributed by atoms with van der Waals surface area (Å²) >= 11 is 7.70. The molecular formula is C11H10ClN3O2S. The number of carboxylic acid groups (broad SMARTS) is 1. The monoisotopic (exact) mass is 283 g/mol. The van der Waals surface area contributed by atoms with Crippen molar-refractivity contribution in [2.75, 3.05) is 13.1 Å². The molecule has 94 valence electrons. The molecule has 3 rings (SSSR count). The molecule has 5 nitrogen and oxygen atoms in total. The number of hydrogen-bond acceptors (Lipinski definition) is 4. The Bertz CT molecular complexity index is 628. The first kappa shape index (κ1) is 11.7. The molecule has 0 atom stereocenters. The zero-order valence-electron chi connectivity index (χ0n) is 9.39. The molecule has 3 heterocycles. The van der Waals surface area contributed by atoms with E-state index in [0.29, 0.717) is 24.7 Å². The summed E-state index contributed by atoms with van der Waals surface area (Å²) in [5.74, 6) is 0. The summed E-state index contributed by atoms with van der Waals surface area (Å²) in [5.41, 5.74) is 1.12.